The molecule has 3 aromatic carbocycles. The highest BCUT2D eigenvalue weighted by Gasteiger charge is 2.47. The van der Waals surface area contributed by atoms with Crippen LogP contribution in [0.25, 0.3) is 10.8 Å². The topological polar surface area (TPSA) is 97.4 Å². The number of carbonyl (C=O) groups excluding carboxylic acids is 1. The Balaban J connectivity index is 1.43. The highest BCUT2D eigenvalue weighted by atomic mass is 32.2. The maximum absolute atomic E-state index is 13.5. The predicted molar refractivity (Wildman–Crippen MR) is 126 cm³/mol. The van der Waals surface area contributed by atoms with Crippen molar-refractivity contribution in [3.05, 3.63) is 89.8 Å². The highest BCUT2D eigenvalue weighted by Crippen LogP contribution is 2.50. The van der Waals surface area contributed by atoms with Crippen LogP contribution in [-0.4, -0.2) is 22.7 Å². The van der Waals surface area contributed by atoms with Crippen molar-refractivity contribution in [2.24, 2.45) is 5.92 Å². The first kappa shape index (κ1) is 21.8. The average molecular weight is 498 g/mol. The van der Waals surface area contributed by atoms with Crippen LogP contribution >= 0.6 is 11.3 Å². The second-order valence-electron chi connectivity index (χ2n) is 7.90. The Morgan fingerprint density at radius 2 is 1.58 bits per heavy atom. The van der Waals surface area contributed by atoms with Gasteiger partial charge in [-0.3, -0.25) is 4.79 Å². The Bertz CT molecular complexity index is 1580. The fourth-order valence-electron chi connectivity index (χ4n) is 4.00. The van der Waals surface area contributed by atoms with E-state index in [1.165, 1.54) is 12.1 Å². The molecule has 1 amide bonds. The van der Waals surface area contributed by atoms with Crippen molar-refractivity contribution in [2.45, 2.75) is 26.3 Å². The molecule has 0 radical (unpaired) electrons. The molecule has 0 bridgehead atoms. The predicted octanol–water partition coefficient (Wildman–Crippen LogP) is 4.34. The monoisotopic (exact) mass is 497 g/mol. The van der Waals surface area contributed by atoms with Gasteiger partial charge in [-0.25, -0.2) is 21.6 Å². The molecule has 6 nitrogen and oxygen atoms in total. The van der Waals surface area contributed by atoms with E-state index < -0.39 is 31.7 Å². The number of nitrogens with one attached hydrogen (secondary N) is 1. The van der Waals surface area contributed by atoms with Crippen molar-refractivity contribution >= 4 is 47.9 Å². The summed E-state index contributed by atoms with van der Waals surface area (Å²) in [7, 11) is -7.76. The van der Waals surface area contributed by atoms with Crippen LogP contribution in [0.15, 0.2) is 98.2 Å². The Kier molecular flexibility index (Phi) is 5.35. The molecule has 5 rings (SSSR count). The zero-order valence-corrected chi connectivity index (χ0v) is 19.7. The number of rotatable bonds is 6. The van der Waals surface area contributed by atoms with E-state index in [-0.39, 0.29) is 19.9 Å². The number of sulfone groups is 1. The van der Waals surface area contributed by atoms with E-state index in [1.807, 2.05) is 24.3 Å². The molecule has 1 aliphatic carbocycles. The van der Waals surface area contributed by atoms with Crippen LogP contribution in [0.4, 0.5) is 0 Å². The molecule has 9 heteroatoms. The van der Waals surface area contributed by atoms with Crippen LogP contribution in [0.1, 0.15) is 17.9 Å². The Labute approximate surface area is 195 Å². The van der Waals surface area contributed by atoms with Gasteiger partial charge in [0, 0.05) is 5.92 Å². The minimum atomic E-state index is -3.93. The fraction of sp³-hybridized carbons (Fsp3) is 0.125. The molecule has 2 atom stereocenters. The molecule has 4 aromatic rings. The number of carbonyl (C=O) groups is 1. The summed E-state index contributed by atoms with van der Waals surface area (Å²) in [5, 5.41) is 3.38. The number of hydrogen-bond acceptors (Lipinski definition) is 6. The molecule has 1 fully saturated rings. The zero-order chi connectivity index (χ0) is 23.2. The molecule has 0 aliphatic heterocycles. The summed E-state index contributed by atoms with van der Waals surface area (Å²) in [6, 6.07) is 22.1. The van der Waals surface area contributed by atoms with Crippen LogP contribution in [0.5, 0.6) is 0 Å². The van der Waals surface area contributed by atoms with Crippen molar-refractivity contribution in [3.8, 4) is 0 Å². The minimum absolute atomic E-state index is 0.0623. The van der Waals surface area contributed by atoms with Gasteiger partial charge in [0.2, 0.25) is 15.7 Å². The van der Waals surface area contributed by atoms with Gasteiger partial charge in [-0.1, -0.05) is 54.6 Å². The third-order valence-corrected chi connectivity index (χ3v) is 10.3. The second kappa shape index (κ2) is 8.09. The molecule has 1 aromatic heterocycles. The third kappa shape index (κ3) is 4.07. The summed E-state index contributed by atoms with van der Waals surface area (Å²) in [4.78, 5) is 13.0. The fourth-order valence-corrected chi connectivity index (χ4v) is 7.59. The van der Waals surface area contributed by atoms with Crippen LogP contribution < -0.4 is 4.72 Å². The number of thiophene rings is 1. The third-order valence-electron chi connectivity index (χ3n) is 5.76. The van der Waals surface area contributed by atoms with Gasteiger partial charge in [0.15, 0.2) is 0 Å². The summed E-state index contributed by atoms with van der Waals surface area (Å²) in [6.45, 7) is 0. The lowest BCUT2D eigenvalue weighted by atomic mass is 10.1. The maximum Gasteiger partial charge on any atom is 0.273 e. The van der Waals surface area contributed by atoms with Crippen LogP contribution in [0.2, 0.25) is 0 Å². The van der Waals surface area contributed by atoms with E-state index in [0.717, 1.165) is 22.1 Å². The van der Waals surface area contributed by atoms with Crippen LogP contribution in [-0.2, 0) is 24.7 Å². The lowest BCUT2D eigenvalue weighted by Crippen LogP contribution is -2.31. The number of fused-ring (bicyclic) bond motifs is 1. The Morgan fingerprint density at radius 1 is 0.848 bits per heavy atom. The molecule has 2 unspecified atom stereocenters. The van der Waals surface area contributed by atoms with E-state index in [9.17, 15) is 21.6 Å². The van der Waals surface area contributed by atoms with Crippen molar-refractivity contribution in [2.75, 3.05) is 0 Å². The lowest BCUT2D eigenvalue weighted by Gasteiger charge is -2.11. The molecule has 1 N–H and O–H groups in total. The lowest BCUT2D eigenvalue weighted by molar-refractivity contribution is -0.120. The Morgan fingerprint density at radius 3 is 2.33 bits per heavy atom. The van der Waals surface area contributed by atoms with E-state index >= 15 is 0 Å². The van der Waals surface area contributed by atoms with Gasteiger partial charge in [-0.05, 0) is 58.3 Å². The largest absolute Gasteiger partial charge is 0.274 e. The highest BCUT2D eigenvalue weighted by molar-refractivity contribution is 7.92. The molecule has 0 spiro atoms. The first-order valence-corrected chi connectivity index (χ1v) is 14.0. The van der Waals surface area contributed by atoms with Gasteiger partial charge < -0.3 is 0 Å². The standard InChI is InChI=1S/C24H19NO5S3/c26-24(25-33(29,30)23-10-5-13-31-23)21-15-20(21)19-8-3-4-9-22(19)32(27,28)18-12-11-16-6-1-2-7-17(16)14-18/h1-14,20-21H,15H2,(H,25,26). The number of sulfonamides is 1. The number of benzene rings is 3. The molecule has 1 saturated carbocycles. The van der Waals surface area contributed by atoms with Crippen molar-refractivity contribution in [3.63, 3.8) is 0 Å². The van der Waals surface area contributed by atoms with E-state index in [2.05, 4.69) is 4.72 Å². The molecule has 1 heterocycles. The summed E-state index contributed by atoms with van der Waals surface area (Å²) < 4.78 is 53.9. The van der Waals surface area contributed by atoms with Gasteiger partial charge in [0.1, 0.15) is 4.21 Å². The molecular weight excluding hydrogens is 478 g/mol. The van der Waals surface area contributed by atoms with Gasteiger partial charge >= 0.3 is 0 Å². The Hall–Kier alpha value is -3.01. The first-order chi connectivity index (χ1) is 15.8. The smallest absolute Gasteiger partial charge is 0.273 e. The van der Waals surface area contributed by atoms with E-state index in [4.69, 9.17) is 0 Å². The SMILES string of the molecule is O=C(NS(=O)(=O)c1cccs1)C1CC1c1ccccc1S(=O)(=O)c1ccc2ccccc2c1. The second-order valence-corrected chi connectivity index (χ2v) is 12.7. The van der Waals surface area contributed by atoms with E-state index in [1.54, 1.807) is 47.8 Å². The summed E-state index contributed by atoms with van der Waals surface area (Å²) in [6.07, 6.45) is 0.385. The molecule has 1 aliphatic rings. The van der Waals surface area contributed by atoms with Crippen LogP contribution in [0.3, 0.4) is 0 Å². The summed E-state index contributed by atoms with van der Waals surface area (Å²) >= 11 is 1.02. The minimum Gasteiger partial charge on any atom is -0.274 e. The normalized spacial score (nSPS) is 18.2. The average Bonchev–Trinajstić information content (AvgIpc) is 3.41. The van der Waals surface area contributed by atoms with Gasteiger partial charge in [0.05, 0.1) is 9.79 Å². The van der Waals surface area contributed by atoms with Crippen LogP contribution in [0, 0.1) is 5.92 Å². The first-order valence-electron chi connectivity index (χ1n) is 10.2. The van der Waals surface area contributed by atoms with Gasteiger partial charge in [-0.15, -0.1) is 11.3 Å². The number of hydrogen-bond donors (Lipinski definition) is 1. The van der Waals surface area contributed by atoms with Crippen molar-refractivity contribution in [1.29, 1.82) is 0 Å². The number of amides is 1. The van der Waals surface area contributed by atoms with E-state index in [0.29, 0.717) is 12.0 Å². The molecule has 33 heavy (non-hydrogen) atoms. The zero-order valence-electron chi connectivity index (χ0n) is 17.2. The summed E-state index contributed by atoms with van der Waals surface area (Å²) in [5.74, 6) is -1.59. The van der Waals surface area contributed by atoms with Crippen molar-refractivity contribution in [1.82, 2.24) is 4.72 Å². The van der Waals surface area contributed by atoms with Gasteiger partial charge in [0.25, 0.3) is 10.0 Å². The van der Waals surface area contributed by atoms with Crippen molar-refractivity contribution < 1.29 is 21.6 Å². The summed E-state index contributed by atoms with van der Waals surface area (Å²) in [5.41, 5.74) is 0.527. The molecular formula is C24H19NO5S3. The molecule has 0 saturated heterocycles. The quantitative estimate of drug-likeness (QED) is 0.427. The maximum atomic E-state index is 13.5. The van der Waals surface area contributed by atoms with Gasteiger partial charge in [-0.2, -0.15) is 0 Å². The molecule has 168 valence electrons.